The molecule has 1 aliphatic heterocycles. The average molecular weight is 408 g/mol. The molecule has 0 bridgehead atoms. The summed E-state index contributed by atoms with van der Waals surface area (Å²) in [5, 5.41) is 6.65. The van der Waals surface area contributed by atoms with Gasteiger partial charge in [-0.3, -0.25) is 9.59 Å². The van der Waals surface area contributed by atoms with Gasteiger partial charge >= 0.3 is 0 Å². The monoisotopic (exact) mass is 407 g/mol. The summed E-state index contributed by atoms with van der Waals surface area (Å²) in [6, 6.07) is 6.37. The van der Waals surface area contributed by atoms with Crippen molar-refractivity contribution in [3.05, 3.63) is 34.9 Å². The molecule has 1 fully saturated rings. The third-order valence-electron chi connectivity index (χ3n) is 5.20. The number of benzene rings is 1. The molecule has 0 saturated carbocycles. The Hall–Kier alpha value is -1.59. The van der Waals surface area contributed by atoms with E-state index in [2.05, 4.69) is 36.3 Å². The number of nitrogens with zero attached hydrogens (tertiary/aromatic N) is 1. The zero-order valence-electron chi connectivity index (χ0n) is 17.3. The number of hydrogen-bond donors (Lipinski definition) is 2. The van der Waals surface area contributed by atoms with Gasteiger partial charge in [-0.1, -0.05) is 38.8 Å². The average Bonchev–Trinajstić information content (AvgIpc) is 2.67. The van der Waals surface area contributed by atoms with Crippen LogP contribution in [0.15, 0.2) is 24.3 Å². The van der Waals surface area contributed by atoms with Crippen LogP contribution >= 0.6 is 11.6 Å². The summed E-state index contributed by atoms with van der Waals surface area (Å²) in [6.07, 6.45) is 4.98. The normalized spacial score (nSPS) is 16.8. The second-order valence-electron chi connectivity index (χ2n) is 8.14. The van der Waals surface area contributed by atoms with Gasteiger partial charge in [0, 0.05) is 29.7 Å². The largest absolute Gasteiger partial charge is 0.351 e. The lowest BCUT2D eigenvalue weighted by molar-refractivity contribution is -0.124. The lowest BCUT2D eigenvalue weighted by atomic mass is 10.00. The van der Waals surface area contributed by atoms with Gasteiger partial charge in [0.05, 0.1) is 0 Å². The molecule has 1 atom stereocenters. The minimum Gasteiger partial charge on any atom is -0.351 e. The molecule has 2 rings (SSSR count). The molecule has 2 N–H and O–H groups in total. The molecule has 1 unspecified atom stereocenters. The second kappa shape index (κ2) is 11.4. The standard InChI is InChI=1S/C22H34ClN3O2/c1-4-5-12-26-13-10-19(11-14-26)24-22(28)20(15-16(2)3)25-21(27)17-6-8-18(23)9-7-17/h6-9,16,19-20H,4-5,10-15H2,1-3H3,(H,24,28)(H,25,27). The Morgan fingerprint density at radius 2 is 1.82 bits per heavy atom. The van der Waals surface area contributed by atoms with Crippen molar-refractivity contribution in [2.75, 3.05) is 19.6 Å². The maximum absolute atomic E-state index is 12.9. The predicted molar refractivity (Wildman–Crippen MR) is 115 cm³/mol. The van der Waals surface area contributed by atoms with Crippen molar-refractivity contribution >= 4 is 23.4 Å². The topological polar surface area (TPSA) is 61.4 Å². The third-order valence-corrected chi connectivity index (χ3v) is 5.45. The third kappa shape index (κ3) is 7.44. The van der Waals surface area contributed by atoms with E-state index in [1.165, 1.54) is 12.8 Å². The van der Waals surface area contributed by atoms with E-state index in [-0.39, 0.29) is 17.9 Å². The number of rotatable bonds is 9. The summed E-state index contributed by atoms with van der Waals surface area (Å²) in [5.74, 6) is -0.0213. The number of hydrogen-bond acceptors (Lipinski definition) is 3. The van der Waals surface area contributed by atoms with Crippen molar-refractivity contribution < 1.29 is 9.59 Å². The molecule has 1 heterocycles. The summed E-state index contributed by atoms with van der Waals surface area (Å²) < 4.78 is 0. The van der Waals surface area contributed by atoms with Crippen molar-refractivity contribution in [3.8, 4) is 0 Å². The molecule has 2 amide bonds. The molecule has 1 aromatic rings. The van der Waals surface area contributed by atoms with Crippen LogP contribution in [0.4, 0.5) is 0 Å². The number of carbonyl (C=O) groups excluding carboxylic acids is 2. The Bertz CT molecular complexity index is 625. The molecule has 28 heavy (non-hydrogen) atoms. The quantitative estimate of drug-likeness (QED) is 0.653. The molecule has 0 aliphatic carbocycles. The van der Waals surface area contributed by atoms with Crippen LogP contribution in [0.1, 0.15) is 63.2 Å². The summed E-state index contributed by atoms with van der Waals surface area (Å²) in [7, 11) is 0. The van der Waals surface area contributed by atoms with Gasteiger partial charge in [0.25, 0.3) is 5.91 Å². The number of halogens is 1. The van der Waals surface area contributed by atoms with Gasteiger partial charge in [-0.05, 0) is 62.4 Å². The lowest BCUT2D eigenvalue weighted by Crippen LogP contribution is -2.52. The van der Waals surface area contributed by atoms with Crippen LogP contribution in [-0.4, -0.2) is 48.4 Å². The van der Waals surface area contributed by atoms with Gasteiger partial charge in [-0.15, -0.1) is 0 Å². The fraction of sp³-hybridized carbons (Fsp3) is 0.636. The maximum Gasteiger partial charge on any atom is 0.251 e. The summed E-state index contributed by atoms with van der Waals surface area (Å²) in [5.41, 5.74) is 0.509. The molecule has 1 aromatic carbocycles. The molecule has 156 valence electrons. The van der Waals surface area contributed by atoms with Crippen molar-refractivity contribution in [2.24, 2.45) is 5.92 Å². The highest BCUT2D eigenvalue weighted by molar-refractivity contribution is 6.30. The minimum atomic E-state index is -0.527. The highest BCUT2D eigenvalue weighted by Gasteiger charge is 2.26. The molecule has 1 aliphatic rings. The molecule has 1 saturated heterocycles. The highest BCUT2D eigenvalue weighted by atomic mass is 35.5. The summed E-state index contributed by atoms with van der Waals surface area (Å²) in [4.78, 5) is 27.9. The van der Waals surface area contributed by atoms with Crippen molar-refractivity contribution in [3.63, 3.8) is 0 Å². The minimum absolute atomic E-state index is 0.0805. The van der Waals surface area contributed by atoms with Gasteiger partial charge in [0.15, 0.2) is 0 Å². The van der Waals surface area contributed by atoms with Crippen LogP contribution in [-0.2, 0) is 4.79 Å². The van der Waals surface area contributed by atoms with Gasteiger partial charge in [0.2, 0.25) is 5.91 Å². The number of piperidine rings is 1. The Kier molecular flexibility index (Phi) is 9.26. The molecular formula is C22H34ClN3O2. The van der Waals surface area contributed by atoms with Crippen LogP contribution in [0.25, 0.3) is 0 Å². The van der Waals surface area contributed by atoms with E-state index in [4.69, 9.17) is 11.6 Å². The van der Waals surface area contributed by atoms with Crippen molar-refractivity contribution in [1.29, 1.82) is 0 Å². The number of likely N-dealkylation sites (tertiary alicyclic amines) is 1. The maximum atomic E-state index is 12.9. The first-order valence-corrected chi connectivity index (χ1v) is 10.9. The first kappa shape index (κ1) is 22.7. The van der Waals surface area contributed by atoms with Gasteiger partial charge in [-0.25, -0.2) is 0 Å². The zero-order chi connectivity index (χ0) is 20.5. The van der Waals surface area contributed by atoms with Crippen molar-refractivity contribution in [1.82, 2.24) is 15.5 Å². The Labute approximate surface area is 174 Å². The van der Waals surface area contributed by atoms with E-state index in [1.54, 1.807) is 24.3 Å². The molecular weight excluding hydrogens is 374 g/mol. The summed E-state index contributed by atoms with van der Waals surface area (Å²) >= 11 is 5.89. The number of carbonyl (C=O) groups is 2. The number of amides is 2. The van der Waals surface area contributed by atoms with Crippen LogP contribution < -0.4 is 10.6 Å². The molecule has 0 aromatic heterocycles. The number of unbranched alkanes of at least 4 members (excludes halogenated alkanes) is 1. The summed E-state index contributed by atoms with van der Waals surface area (Å²) in [6.45, 7) is 9.51. The first-order valence-electron chi connectivity index (χ1n) is 10.5. The number of nitrogens with one attached hydrogen (secondary N) is 2. The van der Waals surface area contributed by atoms with Crippen LogP contribution in [0.2, 0.25) is 5.02 Å². The van der Waals surface area contributed by atoms with Crippen LogP contribution in [0.3, 0.4) is 0 Å². The fourth-order valence-corrected chi connectivity index (χ4v) is 3.66. The van der Waals surface area contributed by atoms with Crippen molar-refractivity contribution in [2.45, 2.75) is 65.0 Å². The smallest absolute Gasteiger partial charge is 0.251 e. The fourth-order valence-electron chi connectivity index (χ4n) is 3.53. The van der Waals surface area contributed by atoms with Gasteiger partial charge in [-0.2, -0.15) is 0 Å². The highest BCUT2D eigenvalue weighted by Crippen LogP contribution is 2.14. The molecule has 0 spiro atoms. The van der Waals surface area contributed by atoms with Crippen LogP contribution in [0, 0.1) is 5.92 Å². The lowest BCUT2D eigenvalue weighted by Gasteiger charge is -2.33. The van der Waals surface area contributed by atoms with E-state index in [0.29, 0.717) is 22.9 Å². The SMILES string of the molecule is CCCCN1CCC(NC(=O)C(CC(C)C)NC(=O)c2ccc(Cl)cc2)CC1. The van der Waals surface area contributed by atoms with E-state index in [9.17, 15) is 9.59 Å². The van der Waals surface area contributed by atoms with E-state index >= 15 is 0 Å². The molecule has 5 nitrogen and oxygen atoms in total. The van der Waals surface area contributed by atoms with E-state index in [0.717, 1.165) is 32.5 Å². The Morgan fingerprint density at radius 1 is 1.18 bits per heavy atom. The Balaban J connectivity index is 1.90. The predicted octanol–water partition coefficient (Wildman–Crippen LogP) is 3.87. The zero-order valence-corrected chi connectivity index (χ0v) is 18.1. The molecule has 6 heteroatoms. The van der Waals surface area contributed by atoms with E-state index in [1.807, 2.05) is 0 Å². The van der Waals surface area contributed by atoms with Gasteiger partial charge < -0.3 is 15.5 Å². The van der Waals surface area contributed by atoms with E-state index < -0.39 is 6.04 Å². The second-order valence-corrected chi connectivity index (χ2v) is 8.58. The van der Waals surface area contributed by atoms with Gasteiger partial charge in [0.1, 0.15) is 6.04 Å². The van der Waals surface area contributed by atoms with Crippen LogP contribution in [0.5, 0.6) is 0 Å². The molecule has 0 radical (unpaired) electrons. The first-order chi connectivity index (χ1) is 13.4. The Morgan fingerprint density at radius 3 is 2.39 bits per heavy atom.